The number of nitro benzene ring substituents is 2. The number of rotatable bonds is 10. The monoisotopic (exact) mass is 546 g/mol. The number of carbonyl (C=O) groups excluding carboxylic acids is 2. The summed E-state index contributed by atoms with van der Waals surface area (Å²) in [6, 6.07) is 12.4. The molecule has 0 aliphatic heterocycles. The minimum absolute atomic E-state index is 0.0897. The second kappa shape index (κ2) is 10.9. The molecule has 4 fully saturated rings. The van der Waals surface area contributed by atoms with Gasteiger partial charge in [-0.15, -0.1) is 0 Å². The van der Waals surface area contributed by atoms with E-state index in [1.165, 1.54) is 24.6 Å². The van der Waals surface area contributed by atoms with Gasteiger partial charge in [0, 0.05) is 25.0 Å². The van der Waals surface area contributed by atoms with E-state index in [0.717, 1.165) is 38.5 Å². The molecule has 2 aromatic carbocycles. The third-order valence-corrected chi connectivity index (χ3v) is 8.43. The van der Waals surface area contributed by atoms with Crippen molar-refractivity contribution in [1.82, 2.24) is 10.9 Å². The molecule has 0 atom stereocenters. The van der Waals surface area contributed by atoms with Crippen molar-refractivity contribution in [3.63, 3.8) is 0 Å². The van der Waals surface area contributed by atoms with E-state index in [2.05, 4.69) is 21.1 Å². The van der Waals surface area contributed by atoms with Crippen LogP contribution in [0, 0.1) is 42.9 Å². The Bertz CT molecular complexity index is 1290. The summed E-state index contributed by atoms with van der Waals surface area (Å²) in [5.74, 6) is 0.413. The Balaban J connectivity index is 1.21. The van der Waals surface area contributed by atoms with Crippen molar-refractivity contribution >= 4 is 35.6 Å². The van der Waals surface area contributed by atoms with E-state index in [1.54, 1.807) is 36.4 Å². The Morgan fingerprint density at radius 3 is 1.57 bits per heavy atom. The molecule has 0 heterocycles. The first-order chi connectivity index (χ1) is 19.2. The molecule has 2 amide bonds. The first-order valence-electron chi connectivity index (χ1n) is 13.3. The number of nitrogens with one attached hydrogen (secondary N) is 2. The van der Waals surface area contributed by atoms with Crippen LogP contribution in [0.25, 0.3) is 0 Å². The smallest absolute Gasteiger partial charge is 0.273 e. The Morgan fingerprint density at radius 2 is 1.18 bits per heavy atom. The molecule has 2 aromatic rings. The largest absolute Gasteiger partial charge is 0.278 e. The molecule has 0 unspecified atom stereocenters. The Hall–Kier alpha value is -4.48. The van der Waals surface area contributed by atoms with Gasteiger partial charge in [0.15, 0.2) is 0 Å². The molecule has 0 radical (unpaired) electrons. The highest BCUT2D eigenvalue weighted by Gasteiger charge is 2.58. The van der Waals surface area contributed by atoms with Crippen LogP contribution >= 0.6 is 0 Å². The fourth-order valence-electron chi connectivity index (χ4n) is 7.70. The number of nitrogens with zero attached hydrogens (tertiary/aromatic N) is 4. The second-order valence-electron chi connectivity index (χ2n) is 11.5. The maximum absolute atomic E-state index is 12.9. The maximum Gasteiger partial charge on any atom is 0.278 e. The molecule has 0 saturated heterocycles. The molecule has 0 spiro atoms. The second-order valence-corrected chi connectivity index (χ2v) is 11.5. The van der Waals surface area contributed by atoms with E-state index in [1.807, 2.05) is 0 Å². The lowest BCUT2D eigenvalue weighted by atomic mass is 9.43. The van der Waals surface area contributed by atoms with Crippen LogP contribution in [0.2, 0.25) is 0 Å². The molecule has 12 heteroatoms. The number of carbonyl (C=O) groups is 2. The van der Waals surface area contributed by atoms with Crippen molar-refractivity contribution in [2.24, 2.45) is 32.9 Å². The minimum atomic E-state index is -0.495. The standard InChI is InChI=1S/C28H30N6O6/c35-25(31-29-16-21-5-1-3-7-23(21)33(37)38)14-27-10-19-9-20(11-27)13-28(12-19,18-27)15-26(36)32-30-17-22-6-2-4-8-24(22)34(39)40/h1-8,16-17,19-20H,9-15,18H2,(H,31,35)(H,32,36). The number of hydrazone groups is 2. The lowest BCUT2D eigenvalue weighted by Gasteiger charge is -2.62. The summed E-state index contributed by atoms with van der Waals surface area (Å²) in [4.78, 5) is 47.2. The zero-order valence-corrected chi connectivity index (χ0v) is 21.8. The van der Waals surface area contributed by atoms with Crippen LogP contribution in [0.15, 0.2) is 58.7 Å². The average molecular weight is 547 g/mol. The third kappa shape index (κ3) is 5.90. The number of para-hydroxylation sites is 2. The van der Waals surface area contributed by atoms with Gasteiger partial charge < -0.3 is 0 Å². The Morgan fingerprint density at radius 1 is 0.775 bits per heavy atom. The number of hydrogen-bond donors (Lipinski definition) is 2. The molecule has 4 bridgehead atoms. The molecule has 12 nitrogen and oxygen atoms in total. The molecule has 4 saturated carbocycles. The van der Waals surface area contributed by atoms with Crippen LogP contribution in [0.1, 0.15) is 62.5 Å². The van der Waals surface area contributed by atoms with E-state index in [0.29, 0.717) is 23.0 Å². The highest BCUT2D eigenvalue weighted by Crippen LogP contribution is 2.67. The summed E-state index contributed by atoms with van der Waals surface area (Å²) in [5.41, 5.74) is 5.09. The predicted molar refractivity (Wildman–Crippen MR) is 146 cm³/mol. The van der Waals surface area contributed by atoms with Gasteiger partial charge in [0.2, 0.25) is 11.8 Å². The first kappa shape index (κ1) is 27.1. The molecule has 4 aliphatic carbocycles. The van der Waals surface area contributed by atoms with Crippen molar-refractivity contribution in [3.05, 3.63) is 79.9 Å². The molecular weight excluding hydrogens is 516 g/mol. The van der Waals surface area contributed by atoms with Gasteiger partial charge >= 0.3 is 0 Å². The van der Waals surface area contributed by atoms with Gasteiger partial charge in [-0.3, -0.25) is 29.8 Å². The number of nitro groups is 2. The fraction of sp³-hybridized carbons (Fsp3) is 0.429. The lowest BCUT2D eigenvalue weighted by Crippen LogP contribution is -2.54. The van der Waals surface area contributed by atoms with Crippen LogP contribution in [0.5, 0.6) is 0 Å². The van der Waals surface area contributed by atoms with Gasteiger partial charge in [0.05, 0.1) is 33.4 Å². The van der Waals surface area contributed by atoms with Gasteiger partial charge in [-0.25, -0.2) is 10.9 Å². The van der Waals surface area contributed by atoms with Gasteiger partial charge in [-0.05, 0) is 73.3 Å². The van der Waals surface area contributed by atoms with Gasteiger partial charge in [0.25, 0.3) is 11.4 Å². The summed E-state index contributed by atoms with van der Waals surface area (Å²) in [6.45, 7) is 0. The van der Waals surface area contributed by atoms with E-state index >= 15 is 0 Å². The minimum Gasteiger partial charge on any atom is -0.273 e. The molecule has 6 rings (SSSR count). The van der Waals surface area contributed by atoms with E-state index < -0.39 is 9.85 Å². The molecule has 0 aromatic heterocycles. The van der Waals surface area contributed by atoms with Crippen LogP contribution in [0.3, 0.4) is 0 Å². The lowest BCUT2D eigenvalue weighted by molar-refractivity contribution is -0.385. The van der Waals surface area contributed by atoms with Crippen LogP contribution < -0.4 is 10.9 Å². The normalized spacial score (nSPS) is 26.7. The number of hydrogen-bond acceptors (Lipinski definition) is 8. The quantitative estimate of drug-likeness (QED) is 0.253. The van der Waals surface area contributed by atoms with E-state index in [9.17, 15) is 29.8 Å². The summed E-state index contributed by atoms with van der Waals surface area (Å²) < 4.78 is 0. The molecule has 208 valence electrons. The fourth-order valence-corrected chi connectivity index (χ4v) is 7.70. The van der Waals surface area contributed by atoms with Crippen molar-refractivity contribution < 1.29 is 19.4 Å². The van der Waals surface area contributed by atoms with E-state index in [4.69, 9.17) is 0 Å². The number of benzene rings is 2. The summed E-state index contributed by atoms with van der Waals surface area (Å²) in [6.07, 6.45) is 8.75. The molecular formula is C28H30N6O6. The van der Waals surface area contributed by atoms with Crippen molar-refractivity contribution in [2.75, 3.05) is 0 Å². The summed E-state index contributed by atoms with van der Waals surface area (Å²) in [5, 5.41) is 30.3. The van der Waals surface area contributed by atoms with Crippen molar-refractivity contribution in [3.8, 4) is 0 Å². The van der Waals surface area contributed by atoms with Gasteiger partial charge in [-0.2, -0.15) is 10.2 Å². The highest BCUT2D eigenvalue weighted by molar-refractivity contribution is 5.87. The van der Waals surface area contributed by atoms with Crippen LogP contribution in [0.4, 0.5) is 11.4 Å². The maximum atomic E-state index is 12.9. The average Bonchev–Trinajstić information content (AvgIpc) is 2.87. The topological polar surface area (TPSA) is 169 Å². The molecule has 40 heavy (non-hydrogen) atoms. The van der Waals surface area contributed by atoms with Gasteiger partial charge in [0.1, 0.15) is 0 Å². The predicted octanol–water partition coefficient (Wildman–Crippen LogP) is 4.47. The van der Waals surface area contributed by atoms with Crippen LogP contribution in [-0.4, -0.2) is 34.1 Å². The zero-order chi connectivity index (χ0) is 28.3. The third-order valence-electron chi connectivity index (χ3n) is 8.43. The Kier molecular flexibility index (Phi) is 7.42. The van der Waals surface area contributed by atoms with E-state index in [-0.39, 0.29) is 46.9 Å². The summed E-state index contributed by atoms with van der Waals surface area (Å²) in [7, 11) is 0. The number of amides is 2. The van der Waals surface area contributed by atoms with Gasteiger partial charge in [-0.1, -0.05) is 24.3 Å². The zero-order valence-electron chi connectivity index (χ0n) is 21.8. The van der Waals surface area contributed by atoms with Crippen molar-refractivity contribution in [1.29, 1.82) is 0 Å². The van der Waals surface area contributed by atoms with Crippen molar-refractivity contribution in [2.45, 2.75) is 51.4 Å². The molecule has 4 aliphatic rings. The van der Waals surface area contributed by atoms with Crippen LogP contribution in [-0.2, 0) is 9.59 Å². The summed E-state index contributed by atoms with van der Waals surface area (Å²) >= 11 is 0. The highest BCUT2D eigenvalue weighted by atomic mass is 16.6. The first-order valence-corrected chi connectivity index (χ1v) is 13.3. The molecule has 2 N–H and O–H groups in total. The Labute approximate surface area is 230 Å². The SMILES string of the molecule is O=C(CC12CC3CC(C1)CC(CC(=O)NN=Cc1ccccc1[N+](=O)[O-])(C3)C2)NN=Cc1ccccc1[N+](=O)[O-].